The van der Waals surface area contributed by atoms with Crippen molar-refractivity contribution in [2.75, 3.05) is 6.61 Å². The van der Waals surface area contributed by atoms with E-state index in [0.29, 0.717) is 6.42 Å². The number of allylic oxidation sites excluding steroid dienone is 1. The van der Waals surface area contributed by atoms with E-state index in [-0.39, 0.29) is 36.2 Å². The maximum Gasteiger partial charge on any atom is 1.00 e. The second kappa shape index (κ2) is 12.1. The summed E-state index contributed by atoms with van der Waals surface area (Å²) in [4.78, 5) is 0. The summed E-state index contributed by atoms with van der Waals surface area (Å²) in [5.74, 6) is 0. The molecule has 4 nitrogen and oxygen atoms in total. The van der Waals surface area contributed by atoms with Gasteiger partial charge in [-0.3, -0.25) is 4.18 Å². The van der Waals surface area contributed by atoms with Crippen molar-refractivity contribution in [2.45, 2.75) is 44.9 Å². The molecule has 0 aliphatic rings. The van der Waals surface area contributed by atoms with E-state index in [1.165, 1.54) is 6.42 Å². The Morgan fingerprint density at radius 2 is 1.56 bits per heavy atom. The minimum atomic E-state index is -4.49. The molecule has 6 heteroatoms. The SMILES string of the molecule is C=CCCCCCCCCOS(=O)(=O)[O-].[Na+]. The smallest absolute Gasteiger partial charge is 0.726 e. The average molecular weight is 258 g/mol. The Balaban J connectivity index is 0. The molecule has 0 saturated carbocycles. The van der Waals surface area contributed by atoms with E-state index in [9.17, 15) is 13.0 Å². The standard InChI is InChI=1S/C10H20O4S.Na/c1-2-3-4-5-6-7-8-9-10-14-15(11,12)13;/h2H,1,3-10H2,(H,11,12,13);/q;+1/p-1. The molecule has 0 aromatic heterocycles. The van der Waals surface area contributed by atoms with Gasteiger partial charge in [-0.05, 0) is 19.3 Å². The first-order chi connectivity index (χ1) is 7.06. The predicted molar refractivity (Wildman–Crippen MR) is 58.2 cm³/mol. The minimum absolute atomic E-state index is 0. The molecule has 0 radical (unpaired) electrons. The molecule has 0 N–H and O–H groups in total. The Morgan fingerprint density at radius 3 is 2.06 bits per heavy atom. The van der Waals surface area contributed by atoms with Crippen molar-refractivity contribution in [3.8, 4) is 0 Å². The Kier molecular flexibility index (Phi) is 14.3. The van der Waals surface area contributed by atoms with Gasteiger partial charge in [-0.15, -0.1) is 6.58 Å². The largest absolute Gasteiger partial charge is 1.00 e. The molecule has 0 bridgehead atoms. The summed E-state index contributed by atoms with van der Waals surface area (Å²) in [6.45, 7) is 3.65. The molecule has 0 amide bonds. The maximum atomic E-state index is 10.1. The molecular formula is C10H19NaO4S. The van der Waals surface area contributed by atoms with Crippen LogP contribution in [-0.4, -0.2) is 19.6 Å². The van der Waals surface area contributed by atoms with Gasteiger partial charge >= 0.3 is 29.6 Å². The van der Waals surface area contributed by atoms with Crippen LogP contribution in [0.1, 0.15) is 44.9 Å². The first-order valence-electron chi connectivity index (χ1n) is 5.27. The minimum Gasteiger partial charge on any atom is -0.726 e. The van der Waals surface area contributed by atoms with Gasteiger partial charge in [0.1, 0.15) is 0 Å². The topological polar surface area (TPSA) is 66.4 Å². The van der Waals surface area contributed by atoms with Crippen LogP contribution in [-0.2, 0) is 14.6 Å². The molecule has 0 aromatic rings. The van der Waals surface area contributed by atoms with Crippen LogP contribution in [0.3, 0.4) is 0 Å². The Labute approximate surface area is 121 Å². The van der Waals surface area contributed by atoms with Crippen molar-refractivity contribution in [3.05, 3.63) is 12.7 Å². The fourth-order valence-electron chi connectivity index (χ4n) is 1.26. The van der Waals surface area contributed by atoms with Crippen molar-refractivity contribution >= 4 is 10.4 Å². The van der Waals surface area contributed by atoms with E-state index in [0.717, 1.165) is 32.1 Å². The Morgan fingerprint density at radius 1 is 1.06 bits per heavy atom. The molecule has 0 aromatic carbocycles. The summed E-state index contributed by atoms with van der Waals surface area (Å²) >= 11 is 0. The number of hydrogen-bond acceptors (Lipinski definition) is 4. The zero-order valence-corrected chi connectivity index (χ0v) is 12.8. The van der Waals surface area contributed by atoms with Crippen LogP contribution in [0.5, 0.6) is 0 Å². The predicted octanol–water partition coefficient (Wildman–Crippen LogP) is -0.616. The number of rotatable bonds is 10. The molecular weight excluding hydrogens is 239 g/mol. The van der Waals surface area contributed by atoms with E-state index in [1.807, 2.05) is 6.08 Å². The summed E-state index contributed by atoms with van der Waals surface area (Å²) in [5, 5.41) is 0. The van der Waals surface area contributed by atoms with Gasteiger partial charge in [0.25, 0.3) is 0 Å². The molecule has 0 spiro atoms. The average Bonchev–Trinajstić information content (AvgIpc) is 2.14. The van der Waals surface area contributed by atoms with E-state index in [1.54, 1.807) is 0 Å². The van der Waals surface area contributed by atoms with Crippen molar-refractivity contribution in [1.82, 2.24) is 0 Å². The third-order valence-corrected chi connectivity index (χ3v) is 2.49. The van der Waals surface area contributed by atoms with Crippen molar-refractivity contribution in [2.24, 2.45) is 0 Å². The van der Waals surface area contributed by atoms with Gasteiger partial charge in [0.2, 0.25) is 10.4 Å². The Bertz CT molecular complexity index is 252. The second-order valence-corrected chi connectivity index (χ2v) is 4.48. The van der Waals surface area contributed by atoms with Gasteiger partial charge in [0.05, 0.1) is 6.61 Å². The van der Waals surface area contributed by atoms with Crippen LogP contribution in [0.15, 0.2) is 12.7 Å². The molecule has 16 heavy (non-hydrogen) atoms. The van der Waals surface area contributed by atoms with Gasteiger partial charge in [-0.2, -0.15) is 0 Å². The second-order valence-electron chi connectivity index (χ2n) is 3.43. The van der Waals surface area contributed by atoms with Gasteiger partial charge in [0.15, 0.2) is 0 Å². The van der Waals surface area contributed by atoms with E-state index in [4.69, 9.17) is 0 Å². The number of hydrogen-bond donors (Lipinski definition) is 0. The van der Waals surface area contributed by atoms with E-state index >= 15 is 0 Å². The zero-order valence-electron chi connectivity index (χ0n) is 9.98. The molecule has 0 atom stereocenters. The molecule has 0 unspecified atom stereocenters. The van der Waals surface area contributed by atoms with Gasteiger partial charge in [-0.25, -0.2) is 8.42 Å². The third kappa shape index (κ3) is 17.0. The fraction of sp³-hybridized carbons (Fsp3) is 0.800. The first kappa shape index (κ1) is 19.0. The van der Waals surface area contributed by atoms with Crippen LogP contribution in [0.4, 0.5) is 0 Å². The molecule has 90 valence electrons. The monoisotopic (exact) mass is 258 g/mol. The first-order valence-corrected chi connectivity index (χ1v) is 6.61. The summed E-state index contributed by atoms with van der Waals surface area (Å²) in [5.41, 5.74) is 0. The van der Waals surface area contributed by atoms with Gasteiger partial charge < -0.3 is 4.55 Å². The molecule has 0 saturated heterocycles. The normalized spacial score (nSPS) is 10.8. The van der Waals surface area contributed by atoms with Crippen molar-refractivity contribution < 1.29 is 46.7 Å². The molecule has 0 rings (SSSR count). The van der Waals surface area contributed by atoms with Crippen LogP contribution in [0.2, 0.25) is 0 Å². The quantitative estimate of drug-likeness (QED) is 0.172. The summed E-state index contributed by atoms with van der Waals surface area (Å²) < 4.78 is 34.2. The van der Waals surface area contributed by atoms with Crippen LogP contribution >= 0.6 is 0 Å². The molecule has 0 heterocycles. The summed E-state index contributed by atoms with van der Waals surface area (Å²) in [6, 6.07) is 0. The van der Waals surface area contributed by atoms with Gasteiger partial charge in [-0.1, -0.05) is 31.8 Å². The molecule has 0 aliphatic carbocycles. The summed E-state index contributed by atoms with van der Waals surface area (Å²) in [6.07, 6.45) is 9.02. The Hall–Kier alpha value is 0.610. The summed E-state index contributed by atoms with van der Waals surface area (Å²) in [7, 11) is -4.49. The third-order valence-electron chi connectivity index (χ3n) is 2.03. The zero-order chi connectivity index (χ0) is 11.6. The van der Waals surface area contributed by atoms with Crippen LogP contribution in [0.25, 0.3) is 0 Å². The number of unbranched alkanes of at least 4 members (excludes halogenated alkanes) is 6. The van der Waals surface area contributed by atoms with Gasteiger partial charge in [0, 0.05) is 0 Å². The van der Waals surface area contributed by atoms with E-state index < -0.39 is 10.4 Å². The van der Waals surface area contributed by atoms with Crippen molar-refractivity contribution in [1.29, 1.82) is 0 Å². The fourth-order valence-corrected chi connectivity index (χ4v) is 1.58. The maximum absolute atomic E-state index is 10.1. The molecule has 0 aliphatic heterocycles. The van der Waals surface area contributed by atoms with Crippen LogP contribution in [0, 0.1) is 0 Å². The van der Waals surface area contributed by atoms with Crippen molar-refractivity contribution in [3.63, 3.8) is 0 Å². The van der Waals surface area contributed by atoms with E-state index in [2.05, 4.69) is 10.8 Å². The molecule has 0 fully saturated rings. The van der Waals surface area contributed by atoms with Crippen LogP contribution < -0.4 is 29.6 Å².